The van der Waals surface area contributed by atoms with Crippen molar-refractivity contribution in [1.82, 2.24) is 10.2 Å². The number of hydrogen-bond acceptors (Lipinski definition) is 6. The van der Waals surface area contributed by atoms with Gasteiger partial charge in [-0.15, -0.1) is 0 Å². The average molecular weight is 373 g/mol. The molecule has 0 spiro atoms. The third kappa shape index (κ3) is 2.90. The van der Waals surface area contributed by atoms with Crippen LogP contribution in [0.25, 0.3) is 0 Å². The third-order valence-electron chi connectivity index (χ3n) is 5.66. The Hall–Kier alpha value is -2.41. The maximum Gasteiger partial charge on any atom is 0.326 e. The zero-order valence-corrected chi connectivity index (χ0v) is 16.5. The van der Waals surface area contributed by atoms with Gasteiger partial charge in [-0.2, -0.15) is 0 Å². The number of benzene rings is 1. The van der Waals surface area contributed by atoms with E-state index in [2.05, 4.69) is 5.32 Å². The Morgan fingerprint density at radius 1 is 1.19 bits per heavy atom. The first-order chi connectivity index (χ1) is 12.8. The van der Waals surface area contributed by atoms with Crippen molar-refractivity contribution in [2.45, 2.75) is 32.4 Å². The highest BCUT2D eigenvalue weighted by Crippen LogP contribution is 2.49. The zero-order chi connectivity index (χ0) is 19.9. The Labute approximate surface area is 159 Å². The second-order valence-electron chi connectivity index (χ2n) is 7.45. The molecule has 2 aliphatic rings. The molecule has 2 heterocycles. The summed E-state index contributed by atoms with van der Waals surface area (Å²) in [5.41, 5.74) is 0.676. The van der Waals surface area contributed by atoms with Crippen molar-refractivity contribution < 1.29 is 19.1 Å². The first-order valence-electron chi connectivity index (χ1n) is 9.33. The van der Waals surface area contributed by atoms with Crippen LogP contribution in [0.3, 0.4) is 0 Å². The van der Waals surface area contributed by atoms with Crippen LogP contribution in [0.15, 0.2) is 24.3 Å². The number of likely N-dealkylation sites (tertiary alicyclic amines) is 1. The van der Waals surface area contributed by atoms with Gasteiger partial charge in [0.15, 0.2) is 0 Å². The van der Waals surface area contributed by atoms with E-state index in [9.17, 15) is 14.4 Å². The van der Waals surface area contributed by atoms with Crippen LogP contribution in [0.2, 0.25) is 0 Å². The highest BCUT2D eigenvalue weighted by atomic mass is 16.5. The Kier molecular flexibility index (Phi) is 4.99. The Bertz CT molecular complexity index is 761. The van der Waals surface area contributed by atoms with Crippen molar-refractivity contribution >= 4 is 23.5 Å². The molecular weight excluding hydrogens is 346 g/mol. The number of carbonyl (C=O) groups excluding carboxylic acids is 3. The van der Waals surface area contributed by atoms with Crippen molar-refractivity contribution in [3.05, 3.63) is 29.8 Å². The van der Waals surface area contributed by atoms with Gasteiger partial charge >= 0.3 is 5.97 Å². The monoisotopic (exact) mass is 373 g/mol. The van der Waals surface area contributed by atoms with Gasteiger partial charge in [0, 0.05) is 32.4 Å². The number of rotatable bonds is 5. The molecule has 0 aliphatic carbocycles. The van der Waals surface area contributed by atoms with Crippen molar-refractivity contribution in [3.63, 3.8) is 0 Å². The molecular formula is C20H27N3O4. The van der Waals surface area contributed by atoms with Gasteiger partial charge in [0.1, 0.15) is 5.54 Å². The number of amides is 2. The van der Waals surface area contributed by atoms with Crippen LogP contribution in [-0.2, 0) is 19.1 Å². The van der Waals surface area contributed by atoms with Gasteiger partial charge in [-0.3, -0.25) is 24.6 Å². The zero-order valence-electron chi connectivity index (χ0n) is 16.5. The van der Waals surface area contributed by atoms with Gasteiger partial charge in [-0.25, -0.2) is 0 Å². The van der Waals surface area contributed by atoms with Crippen LogP contribution in [0.4, 0.5) is 5.69 Å². The summed E-state index contributed by atoms with van der Waals surface area (Å²) in [6.07, 6.45) is 0. The van der Waals surface area contributed by atoms with Crippen LogP contribution in [0.1, 0.15) is 32.4 Å². The first-order valence-corrected chi connectivity index (χ1v) is 9.33. The molecule has 2 aliphatic heterocycles. The van der Waals surface area contributed by atoms with E-state index in [1.165, 1.54) is 4.90 Å². The van der Waals surface area contributed by atoms with Crippen molar-refractivity contribution in [2.75, 3.05) is 32.1 Å². The molecule has 1 aromatic carbocycles. The number of fused-ring (bicyclic) bond motifs is 1. The van der Waals surface area contributed by atoms with Gasteiger partial charge in [-0.1, -0.05) is 12.1 Å². The Balaban J connectivity index is 2.04. The maximum absolute atomic E-state index is 13.0. The molecule has 1 aromatic rings. The van der Waals surface area contributed by atoms with Crippen molar-refractivity contribution in [2.24, 2.45) is 11.8 Å². The minimum atomic E-state index is -1.23. The normalized spacial score (nSPS) is 29.8. The standard InChI is InChI=1S/C20H27N3O4/c1-6-23-17(24)14-15(18(23)25)20(3,19(26)27-7-2)21-16(14)12-8-10-13(11-9-12)22(4)5/h8-11,14-16,21H,6-7H2,1-5H3/t14-,15+,16-,20-/m1/s1. The fourth-order valence-corrected chi connectivity index (χ4v) is 4.25. The number of nitrogens with zero attached hydrogens (tertiary/aromatic N) is 2. The van der Waals surface area contributed by atoms with Gasteiger partial charge in [0.05, 0.1) is 18.4 Å². The number of hydrogen-bond donors (Lipinski definition) is 1. The molecule has 2 fully saturated rings. The maximum atomic E-state index is 13.0. The van der Waals surface area contributed by atoms with E-state index in [4.69, 9.17) is 4.74 Å². The van der Waals surface area contributed by atoms with E-state index in [0.717, 1.165) is 11.3 Å². The predicted octanol–water partition coefficient (Wildman–Crippen LogP) is 1.34. The first kappa shape index (κ1) is 19.4. The summed E-state index contributed by atoms with van der Waals surface area (Å²) in [5, 5.41) is 3.27. The van der Waals surface area contributed by atoms with Gasteiger partial charge < -0.3 is 9.64 Å². The van der Waals surface area contributed by atoms with Crippen LogP contribution in [0.5, 0.6) is 0 Å². The van der Waals surface area contributed by atoms with E-state index in [1.807, 2.05) is 43.3 Å². The fraction of sp³-hybridized carbons (Fsp3) is 0.550. The summed E-state index contributed by atoms with van der Waals surface area (Å²) in [7, 11) is 3.91. The fourth-order valence-electron chi connectivity index (χ4n) is 4.25. The third-order valence-corrected chi connectivity index (χ3v) is 5.66. The number of nitrogens with one attached hydrogen (secondary N) is 1. The van der Waals surface area contributed by atoms with Crippen LogP contribution in [-0.4, -0.2) is 55.5 Å². The molecule has 0 bridgehead atoms. The molecule has 146 valence electrons. The molecule has 0 aromatic heterocycles. The molecule has 2 saturated heterocycles. The summed E-state index contributed by atoms with van der Waals surface area (Å²) in [6, 6.07) is 7.38. The number of imide groups is 1. The second-order valence-corrected chi connectivity index (χ2v) is 7.45. The minimum Gasteiger partial charge on any atom is -0.465 e. The molecule has 3 rings (SSSR count). The number of ether oxygens (including phenoxy) is 1. The molecule has 0 unspecified atom stereocenters. The second kappa shape index (κ2) is 6.96. The lowest BCUT2D eigenvalue weighted by Crippen LogP contribution is -2.54. The van der Waals surface area contributed by atoms with Gasteiger partial charge in [-0.05, 0) is 38.5 Å². The minimum absolute atomic E-state index is 0.218. The highest BCUT2D eigenvalue weighted by molar-refractivity contribution is 6.09. The summed E-state index contributed by atoms with van der Waals surface area (Å²) in [4.78, 5) is 41.8. The summed E-state index contributed by atoms with van der Waals surface area (Å²) in [6.45, 7) is 5.68. The Morgan fingerprint density at radius 2 is 1.81 bits per heavy atom. The van der Waals surface area contributed by atoms with E-state index in [-0.39, 0.29) is 18.4 Å². The SMILES string of the molecule is CCOC(=O)[C@]1(C)N[C@H](c2ccc(N(C)C)cc2)[C@@H]2C(=O)N(CC)C(=O)[C@H]21. The van der Waals surface area contributed by atoms with E-state index >= 15 is 0 Å². The Morgan fingerprint density at radius 3 is 2.33 bits per heavy atom. The molecule has 7 nitrogen and oxygen atoms in total. The molecule has 27 heavy (non-hydrogen) atoms. The average Bonchev–Trinajstić information content (AvgIpc) is 3.09. The lowest BCUT2D eigenvalue weighted by molar-refractivity contribution is -0.155. The predicted molar refractivity (Wildman–Crippen MR) is 101 cm³/mol. The quantitative estimate of drug-likeness (QED) is 0.620. The number of esters is 1. The van der Waals surface area contributed by atoms with Crippen LogP contribution >= 0.6 is 0 Å². The smallest absolute Gasteiger partial charge is 0.326 e. The van der Waals surface area contributed by atoms with Crippen molar-refractivity contribution in [3.8, 4) is 0 Å². The number of anilines is 1. The summed E-state index contributed by atoms with van der Waals surface area (Å²) < 4.78 is 5.23. The van der Waals surface area contributed by atoms with Gasteiger partial charge in [0.2, 0.25) is 11.8 Å². The van der Waals surface area contributed by atoms with Gasteiger partial charge in [0.25, 0.3) is 0 Å². The summed E-state index contributed by atoms with van der Waals surface area (Å²) >= 11 is 0. The highest BCUT2D eigenvalue weighted by Gasteiger charge is 2.66. The summed E-state index contributed by atoms with van der Waals surface area (Å²) in [5.74, 6) is -2.40. The van der Waals surface area contributed by atoms with E-state index in [1.54, 1.807) is 20.8 Å². The topological polar surface area (TPSA) is 79.0 Å². The molecule has 7 heteroatoms. The number of carbonyl (C=O) groups is 3. The molecule has 0 saturated carbocycles. The largest absolute Gasteiger partial charge is 0.465 e. The molecule has 0 radical (unpaired) electrons. The molecule has 4 atom stereocenters. The van der Waals surface area contributed by atoms with E-state index < -0.39 is 29.4 Å². The van der Waals surface area contributed by atoms with Crippen LogP contribution < -0.4 is 10.2 Å². The van der Waals surface area contributed by atoms with E-state index in [0.29, 0.717) is 6.54 Å². The van der Waals surface area contributed by atoms with Crippen molar-refractivity contribution in [1.29, 1.82) is 0 Å². The lowest BCUT2D eigenvalue weighted by Gasteiger charge is -2.29. The molecule has 1 N–H and O–H groups in total. The molecule has 2 amide bonds. The van der Waals surface area contributed by atoms with Crippen LogP contribution in [0, 0.1) is 11.8 Å². The lowest BCUT2D eigenvalue weighted by atomic mass is 9.80.